The Kier molecular flexibility index (Phi) is 31.6. The molecule has 6 heterocycles. The number of nitrogen functional groups attached to an aromatic ring is 1. The summed E-state index contributed by atoms with van der Waals surface area (Å²) in [5, 5.41) is 52.2. The van der Waals surface area contributed by atoms with Crippen LogP contribution in [0.3, 0.4) is 0 Å². The lowest BCUT2D eigenvalue weighted by Gasteiger charge is -2.30. The number of aromatic nitrogens is 8. The normalized spacial score (nSPS) is 22.6. The maximum Gasteiger partial charge on any atom is 0.481 e. The topological polar surface area (TPSA) is 714 Å². The van der Waals surface area contributed by atoms with Crippen LogP contribution in [-0.4, -0.2) is 246 Å². The number of imidazole rings is 2. The van der Waals surface area contributed by atoms with Crippen LogP contribution in [0.4, 0.5) is 11.6 Å². The van der Waals surface area contributed by atoms with E-state index in [0.717, 1.165) is 46.2 Å². The van der Waals surface area contributed by atoms with Crippen molar-refractivity contribution >= 4 is 140 Å². The van der Waals surface area contributed by atoms with Crippen molar-refractivity contribution in [2.45, 2.75) is 109 Å². The van der Waals surface area contributed by atoms with Gasteiger partial charge in [-0.15, -0.1) is 4.99 Å². The van der Waals surface area contributed by atoms with Gasteiger partial charge in [0.1, 0.15) is 67.0 Å². The van der Waals surface area contributed by atoms with Crippen LogP contribution in [0.5, 0.6) is 0 Å². The third kappa shape index (κ3) is 26.8. The van der Waals surface area contributed by atoms with Crippen LogP contribution in [0.2, 0.25) is 0 Å². The van der Waals surface area contributed by atoms with Gasteiger partial charge in [-0.2, -0.15) is 21.3 Å². The summed E-state index contributed by atoms with van der Waals surface area (Å²) in [4.78, 5) is 175. The van der Waals surface area contributed by atoms with Crippen LogP contribution in [0.1, 0.15) is 59.9 Å². The van der Waals surface area contributed by atoms with E-state index in [4.69, 9.17) is 33.3 Å². The number of aliphatic hydroxyl groups is 4. The summed E-state index contributed by atoms with van der Waals surface area (Å²) < 4.78 is 124. The summed E-state index contributed by atoms with van der Waals surface area (Å²) in [6, 6.07) is 0. The number of carbonyl (C=O) groups excluding carboxylic acids is 6. The summed E-state index contributed by atoms with van der Waals surface area (Å²) >= 11 is 4.97. The molecule has 0 aliphatic carbocycles. The number of anilines is 1. The van der Waals surface area contributed by atoms with Crippen molar-refractivity contribution in [1.29, 1.82) is 0 Å². The number of nitrogens with zero attached hydrogens (tertiary/aromatic N) is 9. The molecular formula is C45H72N14O34P6S2. The van der Waals surface area contributed by atoms with Crippen molar-refractivity contribution in [1.82, 2.24) is 60.3 Å². The number of hydrogen-bond donors (Lipinski definition) is 18. The van der Waals surface area contributed by atoms with Crippen LogP contribution < -0.4 is 27.0 Å². The molecule has 0 bridgehead atoms. The molecule has 14 atom stereocenters. The van der Waals surface area contributed by atoms with Crippen molar-refractivity contribution in [3.8, 4) is 0 Å². The molecule has 18 N–H and O–H groups in total. The summed E-state index contributed by atoms with van der Waals surface area (Å²) in [5.74, 6) is -2.23. The minimum atomic E-state index is -5.58. The third-order valence-electron chi connectivity index (χ3n) is 13.4. The standard InChI is InChI=1S/C23H38N7O17P3S.C22H34N7O17P3S/c1-12(31)51-7-6-25-14(32)4-5-26-21(35)18(34)23(2,3)9-44-50(41,42)47-49(39,40)43-8-13-17(46-48(36,37)38)16(33)22(45-13)30-11-29-15-19(24)27-10-28-20(15)30;1-22(2,17(33)20(34)24-4-3-13(31)23-5-6-50)8-43-49(40,41)46-48(38,39)42-7-12-16(45-47(35,36)37)15(32)21(44-12)29-10-27-14-18(28-11-30)25-9-26-19(14)29/h10-11,13,16-18,22,33-34H,4-9H2,1-3H3,(H,25,32)(H,26,35)(H,39,40)(H,41,42)(H2,24,27,28)(H2,36,37,38);9-10,12,15-17,21,32-33,50H,3-8H2,1-2H3,(H,23,31)(H,24,34)(H,38,39)(H,40,41)(H2,35,36,37)/t13-,16-,17-,18+,22-;12-,15-,16-,17+,21-/m11/s1. The van der Waals surface area contributed by atoms with Crippen LogP contribution in [0.15, 0.2) is 30.3 Å². The van der Waals surface area contributed by atoms with Gasteiger partial charge in [0, 0.05) is 68.3 Å². The van der Waals surface area contributed by atoms with Gasteiger partial charge in [-0.05, 0) is 0 Å². The number of hydrogen-bond acceptors (Lipinski definition) is 36. The van der Waals surface area contributed by atoms with Gasteiger partial charge in [0.2, 0.25) is 29.7 Å². The molecular weight excluding hydrogens is 1530 g/mol. The van der Waals surface area contributed by atoms with Gasteiger partial charge in [-0.3, -0.25) is 60.2 Å². The summed E-state index contributed by atoms with van der Waals surface area (Å²) in [7, 11) is -32.8. The lowest BCUT2D eigenvalue weighted by Crippen LogP contribution is -2.46. The van der Waals surface area contributed by atoms with Gasteiger partial charge >= 0.3 is 46.9 Å². The Morgan fingerprint density at radius 3 is 1.46 bits per heavy atom. The number of thiol groups is 1. The number of aliphatic hydroxyl groups excluding tert-OH is 4. The largest absolute Gasteiger partial charge is 0.481 e. The van der Waals surface area contributed by atoms with Gasteiger partial charge in [0.05, 0.1) is 39.1 Å². The van der Waals surface area contributed by atoms with Gasteiger partial charge in [0.25, 0.3) is 0 Å². The highest BCUT2D eigenvalue weighted by atomic mass is 32.2. The molecule has 56 heteroatoms. The number of isocyanates is 1. The molecule has 4 unspecified atom stereocenters. The average Bonchev–Trinajstić information content (AvgIpc) is 1.62. The van der Waals surface area contributed by atoms with Crippen molar-refractivity contribution in [3.05, 3.63) is 25.3 Å². The first-order valence-corrected chi connectivity index (χ1v) is 39.2. The molecule has 2 saturated heterocycles. The van der Waals surface area contributed by atoms with Crippen molar-refractivity contribution < 1.29 is 161 Å². The fourth-order valence-corrected chi connectivity index (χ4v) is 14.8. The highest BCUT2D eigenvalue weighted by molar-refractivity contribution is 8.13. The SMILES string of the molecule is CC(=O)SCCNC(=O)CCNC(=O)[C@H](O)C(C)(C)COP(=O)(O)OP(=O)(O)OC[C@H]1O[C@@H](n2cnc3c(N)ncnc32)[C@H](O)[C@@H]1OP(=O)(O)O.CC(C)(COP(=O)(O)OP(=O)(O)OC[C@H]1O[C@@H](n2cnc3c(N=C=O)ncnc32)[C@H](O)[C@@H]1OP(=O)(O)O)[C@@H](O)C(=O)NCCC(=O)NCCS. The predicted molar refractivity (Wildman–Crippen MR) is 340 cm³/mol. The second kappa shape index (κ2) is 36.8. The molecule has 101 heavy (non-hydrogen) atoms. The number of carbonyl (C=O) groups is 5. The zero-order chi connectivity index (χ0) is 75.9. The molecule has 4 aromatic rings. The van der Waals surface area contributed by atoms with Crippen LogP contribution >= 0.6 is 71.3 Å². The summed E-state index contributed by atoms with van der Waals surface area (Å²) in [5.41, 5.74) is 2.52. The lowest BCUT2D eigenvalue weighted by molar-refractivity contribution is -0.137. The Balaban J connectivity index is 0.000000364. The second-order valence-corrected chi connectivity index (χ2v) is 32.5. The molecule has 2 aliphatic heterocycles. The van der Waals surface area contributed by atoms with Crippen molar-refractivity contribution in [3.63, 3.8) is 0 Å². The molecule has 2 fully saturated rings. The number of ether oxygens (including phenoxy) is 2. The van der Waals surface area contributed by atoms with Crippen molar-refractivity contribution in [2.24, 2.45) is 15.8 Å². The molecule has 0 aromatic carbocycles. The number of phosphoric ester groups is 6. The maximum atomic E-state index is 12.6. The molecule has 0 saturated carbocycles. The molecule has 2 aliphatic rings. The first-order chi connectivity index (χ1) is 46.7. The van der Waals surface area contributed by atoms with E-state index in [9.17, 15) is 116 Å². The molecule has 48 nitrogen and oxygen atoms in total. The summed E-state index contributed by atoms with van der Waals surface area (Å²) in [6.45, 7) is 2.52. The molecule has 0 radical (unpaired) electrons. The number of thioether (sulfide) groups is 1. The fourth-order valence-electron chi connectivity index (χ4n) is 8.55. The minimum Gasteiger partial charge on any atom is -0.386 e. The molecule has 568 valence electrons. The highest BCUT2D eigenvalue weighted by Gasteiger charge is 2.52. The number of rotatable bonds is 38. The number of phosphoric acid groups is 6. The molecule has 0 spiro atoms. The number of fused-ring (bicyclic) bond motifs is 2. The first kappa shape index (κ1) is 86.7. The Bertz CT molecular complexity index is 3920. The van der Waals surface area contributed by atoms with Crippen LogP contribution in [0.25, 0.3) is 22.3 Å². The maximum absolute atomic E-state index is 12.6. The number of nitrogens with two attached hydrogens (primary N) is 1. The van der Waals surface area contributed by atoms with E-state index < -0.39 is 163 Å². The van der Waals surface area contributed by atoms with E-state index in [-0.39, 0.29) is 77.5 Å². The Morgan fingerprint density at radius 2 is 1.04 bits per heavy atom. The van der Waals surface area contributed by atoms with Gasteiger partial charge in [0.15, 0.2) is 46.0 Å². The van der Waals surface area contributed by atoms with E-state index >= 15 is 0 Å². The van der Waals surface area contributed by atoms with Crippen molar-refractivity contribution in [2.75, 3.05) is 69.8 Å². The molecule has 4 amide bonds. The third-order valence-corrected chi connectivity index (χ3v) is 20.7. The van der Waals surface area contributed by atoms with E-state index in [1.54, 1.807) is 0 Å². The monoisotopic (exact) mass is 1600 g/mol. The number of aliphatic imine (C=N–C) groups is 1. The molecule has 4 aromatic heterocycles. The van der Waals surface area contributed by atoms with Crippen LogP contribution in [0, 0.1) is 10.8 Å². The first-order valence-electron chi connectivity index (χ1n) is 28.6. The van der Waals surface area contributed by atoms with Gasteiger partial charge < -0.3 is 96.0 Å². The average molecular weight is 1600 g/mol. The Labute approximate surface area is 578 Å². The van der Waals surface area contributed by atoms with Crippen LogP contribution in [-0.2, 0) is 101 Å². The number of nitrogens with one attached hydrogen (secondary N) is 4. The minimum absolute atomic E-state index is 0.0310. The number of amides is 4. The van der Waals surface area contributed by atoms with E-state index in [0.29, 0.717) is 18.1 Å². The Hall–Kier alpha value is -4.97. The zero-order valence-electron chi connectivity index (χ0n) is 53.1. The summed E-state index contributed by atoms with van der Waals surface area (Å²) in [6.07, 6.45) is -12.8. The van der Waals surface area contributed by atoms with E-state index in [1.165, 1.54) is 40.7 Å². The Morgan fingerprint density at radius 1 is 0.634 bits per heavy atom. The fraction of sp³-hybridized carbons (Fsp3) is 0.644. The van der Waals surface area contributed by atoms with Gasteiger partial charge in [-0.25, -0.2) is 62.1 Å². The van der Waals surface area contributed by atoms with E-state index in [1.807, 2.05) is 0 Å². The quantitative estimate of drug-likeness (QED) is 0.00719. The molecule has 6 rings (SSSR count). The van der Waals surface area contributed by atoms with E-state index in [2.05, 4.69) is 86.5 Å². The lowest BCUT2D eigenvalue weighted by atomic mass is 9.87. The smallest absolute Gasteiger partial charge is 0.386 e. The van der Waals surface area contributed by atoms with Gasteiger partial charge in [-0.1, -0.05) is 39.5 Å². The zero-order valence-corrected chi connectivity index (χ0v) is 60.1. The highest BCUT2D eigenvalue weighted by Crippen LogP contribution is 2.63. The second-order valence-electron chi connectivity index (χ2n) is 22.3. The predicted octanol–water partition coefficient (Wildman–Crippen LogP) is -2.60.